The molecule has 0 saturated heterocycles. The standard InChI is InChI=1S/C17H19NO4/c1-11(2)16(17(20)21-3)18-15(19)9-8-13-10-12-6-4-5-7-14(12)22-13/h4-11,16H,1-3H3,(H,18,19)/b9-8+/t16-/m0/s1. The lowest BCUT2D eigenvalue weighted by Crippen LogP contribution is -2.44. The number of para-hydroxylation sites is 1. The molecular formula is C17H19NO4. The minimum absolute atomic E-state index is 0.0593. The minimum atomic E-state index is -0.669. The lowest BCUT2D eigenvalue weighted by Gasteiger charge is -2.18. The predicted octanol–water partition coefficient (Wildman–Crippen LogP) is 2.76. The van der Waals surface area contributed by atoms with E-state index in [2.05, 4.69) is 10.1 Å². The van der Waals surface area contributed by atoms with Gasteiger partial charge in [0.25, 0.3) is 0 Å². The highest BCUT2D eigenvalue weighted by atomic mass is 16.5. The molecule has 0 bridgehead atoms. The number of esters is 1. The second-order valence-electron chi connectivity index (χ2n) is 5.27. The van der Waals surface area contributed by atoms with E-state index in [1.807, 2.05) is 44.2 Å². The van der Waals surface area contributed by atoms with Crippen LogP contribution in [0.15, 0.2) is 40.8 Å². The quantitative estimate of drug-likeness (QED) is 0.681. The zero-order chi connectivity index (χ0) is 16.1. The number of ether oxygens (including phenoxy) is 1. The molecule has 0 radical (unpaired) electrons. The molecule has 1 aromatic heterocycles. The third kappa shape index (κ3) is 3.75. The first kappa shape index (κ1) is 15.8. The van der Waals surface area contributed by atoms with E-state index in [4.69, 9.17) is 4.42 Å². The van der Waals surface area contributed by atoms with Crippen LogP contribution in [0.5, 0.6) is 0 Å². The molecule has 1 N–H and O–H groups in total. The zero-order valence-corrected chi connectivity index (χ0v) is 12.8. The summed E-state index contributed by atoms with van der Waals surface area (Å²) >= 11 is 0. The highest BCUT2D eigenvalue weighted by Gasteiger charge is 2.23. The Bertz CT molecular complexity index is 667. The van der Waals surface area contributed by atoms with Crippen LogP contribution < -0.4 is 5.32 Å². The van der Waals surface area contributed by atoms with Gasteiger partial charge in [-0.2, -0.15) is 0 Å². The van der Waals surface area contributed by atoms with Crippen LogP contribution in [0.1, 0.15) is 19.6 Å². The summed E-state index contributed by atoms with van der Waals surface area (Å²) in [6, 6.07) is 8.77. The number of hydrogen-bond acceptors (Lipinski definition) is 4. The van der Waals surface area contributed by atoms with Gasteiger partial charge in [0.05, 0.1) is 7.11 Å². The molecule has 1 aromatic carbocycles. The molecule has 2 rings (SSSR count). The molecule has 5 heteroatoms. The summed E-state index contributed by atoms with van der Waals surface area (Å²) in [5.74, 6) is -0.309. The molecule has 2 aromatic rings. The van der Waals surface area contributed by atoms with E-state index in [-0.39, 0.29) is 11.8 Å². The van der Waals surface area contributed by atoms with Crippen LogP contribution in [-0.4, -0.2) is 25.0 Å². The predicted molar refractivity (Wildman–Crippen MR) is 84.0 cm³/mol. The number of fused-ring (bicyclic) bond motifs is 1. The molecule has 1 amide bonds. The van der Waals surface area contributed by atoms with E-state index in [0.717, 1.165) is 11.0 Å². The summed E-state index contributed by atoms with van der Waals surface area (Å²) in [6.45, 7) is 3.68. The van der Waals surface area contributed by atoms with Crippen molar-refractivity contribution in [3.8, 4) is 0 Å². The summed E-state index contributed by atoms with van der Waals surface area (Å²) in [6.07, 6.45) is 2.92. The van der Waals surface area contributed by atoms with E-state index in [0.29, 0.717) is 5.76 Å². The van der Waals surface area contributed by atoms with E-state index in [1.54, 1.807) is 6.08 Å². The van der Waals surface area contributed by atoms with Gasteiger partial charge >= 0.3 is 5.97 Å². The fraction of sp³-hybridized carbons (Fsp3) is 0.294. The highest BCUT2D eigenvalue weighted by molar-refractivity contribution is 5.95. The smallest absolute Gasteiger partial charge is 0.328 e. The third-order valence-electron chi connectivity index (χ3n) is 3.26. The van der Waals surface area contributed by atoms with Crippen LogP contribution in [0.4, 0.5) is 0 Å². The van der Waals surface area contributed by atoms with Gasteiger partial charge in [0.15, 0.2) is 0 Å². The number of hydrogen-bond donors (Lipinski definition) is 1. The molecule has 0 aliphatic rings. The van der Waals surface area contributed by atoms with Crippen molar-refractivity contribution in [1.82, 2.24) is 5.32 Å². The van der Waals surface area contributed by atoms with Crippen LogP contribution in [0.3, 0.4) is 0 Å². The monoisotopic (exact) mass is 301 g/mol. The Kier molecular flexibility index (Phi) is 4.99. The lowest BCUT2D eigenvalue weighted by molar-refractivity contribution is -0.145. The number of methoxy groups -OCH3 is 1. The Balaban J connectivity index is 2.05. The number of carbonyl (C=O) groups excluding carboxylic acids is 2. The third-order valence-corrected chi connectivity index (χ3v) is 3.26. The summed E-state index contributed by atoms with van der Waals surface area (Å²) in [5, 5.41) is 3.60. The van der Waals surface area contributed by atoms with Crippen molar-refractivity contribution in [2.45, 2.75) is 19.9 Å². The van der Waals surface area contributed by atoms with Crippen LogP contribution in [0.25, 0.3) is 17.0 Å². The van der Waals surface area contributed by atoms with Crippen LogP contribution in [0, 0.1) is 5.92 Å². The van der Waals surface area contributed by atoms with E-state index < -0.39 is 12.0 Å². The van der Waals surface area contributed by atoms with Gasteiger partial charge in [-0.25, -0.2) is 4.79 Å². The van der Waals surface area contributed by atoms with Crippen molar-refractivity contribution in [3.05, 3.63) is 42.2 Å². The van der Waals surface area contributed by atoms with Crippen LogP contribution >= 0.6 is 0 Å². The number of amides is 1. The minimum Gasteiger partial charge on any atom is -0.467 e. The average Bonchev–Trinajstić information content (AvgIpc) is 2.92. The normalized spacial score (nSPS) is 12.7. The molecule has 1 heterocycles. The molecule has 0 aliphatic carbocycles. The number of furan rings is 1. The maximum Gasteiger partial charge on any atom is 0.328 e. The number of benzene rings is 1. The fourth-order valence-electron chi connectivity index (χ4n) is 2.07. The van der Waals surface area contributed by atoms with Crippen molar-refractivity contribution in [1.29, 1.82) is 0 Å². The molecule has 116 valence electrons. The van der Waals surface area contributed by atoms with Crippen molar-refractivity contribution >= 4 is 28.9 Å². The second kappa shape index (κ2) is 6.93. The van der Waals surface area contributed by atoms with Crippen molar-refractivity contribution in [2.75, 3.05) is 7.11 Å². The molecule has 22 heavy (non-hydrogen) atoms. The first-order valence-corrected chi connectivity index (χ1v) is 7.06. The molecule has 1 atom stereocenters. The Morgan fingerprint density at radius 3 is 2.64 bits per heavy atom. The maximum atomic E-state index is 11.9. The molecule has 0 saturated carbocycles. The molecule has 5 nitrogen and oxygen atoms in total. The largest absolute Gasteiger partial charge is 0.467 e. The fourth-order valence-corrected chi connectivity index (χ4v) is 2.07. The summed E-state index contributed by atoms with van der Waals surface area (Å²) in [4.78, 5) is 23.5. The first-order chi connectivity index (χ1) is 10.5. The van der Waals surface area contributed by atoms with Crippen molar-refractivity contribution in [2.24, 2.45) is 5.92 Å². The van der Waals surface area contributed by atoms with Gasteiger partial charge in [-0.1, -0.05) is 32.0 Å². The van der Waals surface area contributed by atoms with Gasteiger partial charge in [0, 0.05) is 11.5 Å². The average molecular weight is 301 g/mol. The Hall–Kier alpha value is -2.56. The van der Waals surface area contributed by atoms with Crippen LogP contribution in [-0.2, 0) is 14.3 Å². The van der Waals surface area contributed by atoms with Gasteiger partial charge in [0.2, 0.25) is 5.91 Å². The summed E-state index contributed by atoms with van der Waals surface area (Å²) in [5.41, 5.74) is 0.761. The molecule has 0 unspecified atom stereocenters. The van der Waals surface area contributed by atoms with Gasteiger partial charge in [-0.05, 0) is 24.1 Å². The summed E-state index contributed by atoms with van der Waals surface area (Å²) < 4.78 is 10.3. The highest BCUT2D eigenvalue weighted by Crippen LogP contribution is 2.19. The molecule has 0 aliphatic heterocycles. The topological polar surface area (TPSA) is 68.5 Å². The number of nitrogens with one attached hydrogen (secondary N) is 1. The van der Waals surface area contributed by atoms with E-state index in [1.165, 1.54) is 13.2 Å². The SMILES string of the molecule is COC(=O)[C@@H](NC(=O)/C=C/c1cc2ccccc2o1)C(C)C. The van der Waals surface area contributed by atoms with Gasteiger partial charge in [-0.3, -0.25) is 4.79 Å². The van der Waals surface area contributed by atoms with Crippen molar-refractivity contribution < 1.29 is 18.7 Å². The van der Waals surface area contributed by atoms with Gasteiger partial charge in [-0.15, -0.1) is 0 Å². The second-order valence-corrected chi connectivity index (χ2v) is 5.27. The van der Waals surface area contributed by atoms with Crippen LogP contribution in [0.2, 0.25) is 0 Å². The van der Waals surface area contributed by atoms with E-state index >= 15 is 0 Å². The van der Waals surface area contributed by atoms with E-state index in [9.17, 15) is 9.59 Å². The molecule has 0 spiro atoms. The molecular weight excluding hydrogens is 282 g/mol. The maximum absolute atomic E-state index is 11.9. The Labute approximate surface area is 128 Å². The number of rotatable bonds is 5. The first-order valence-electron chi connectivity index (χ1n) is 7.06. The Morgan fingerprint density at radius 2 is 2.00 bits per heavy atom. The zero-order valence-electron chi connectivity index (χ0n) is 12.8. The van der Waals surface area contributed by atoms with Gasteiger partial charge in [0.1, 0.15) is 17.4 Å². The molecule has 0 fully saturated rings. The van der Waals surface area contributed by atoms with Gasteiger partial charge < -0.3 is 14.5 Å². The number of carbonyl (C=O) groups is 2. The summed E-state index contributed by atoms with van der Waals surface area (Å²) in [7, 11) is 1.30. The lowest BCUT2D eigenvalue weighted by atomic mass is 10.0. The Morgan fingerprint density at radius 1 is 1.27 bits per heavy atom. The van der Waals surface area contributed by atoms with Crippen molar-refractivity contribution in [3.63, 3.8) is 0 Å².